The lowest BCUT2D eigenvalue weighted by Crippen LogP contribution is -2.39. The highest BCUT2D eigenvalue weighted by Gasteiger charge is 2.15. The fourth-order valence-corrected chi connectivity index (χ4v) is 1.63. The normalized spacial score (nSPS) is 24.8. The molecule has 0 aromatic carbocycles. The van der Waals surface area contributed by atoms with Gasteiger partial charge in [-0.3, -0.25) is 4.90 Å². The van der Waals surface area contributed by atoms with Crippen LogP contribution in [-0.2, 0) is 0 Å². The predicted molar refractivity (Wildman–Crippen MR) is 46.0 cm³/mol. The maximum absolute atomic E-state index is 3.39. The molecule has 0 saturated carbocycles. The number of hydrogen-bond acceptors (Lipinski definition) is 2. The van der Waals surface area contributed by atoms with Crippen molar-refractivity contribution in [3.63, 3.8) is 0 Å². The van der Waals surface area contributed by atoms with Gasteiger partial charge in [-0.1, -0.05) is 12.2 Å². The molecule has 2 heteroatoms. The summed E-state index contributed by atoms with van der Waals surface area (Å²) in [7, 11) is 2.14. The lowest BCUT2D eigenvalue weighted by molar-refractivity contribution is 0.320. The number of nitrogens with one attached hydrogen (secondary N) is 1. The molecule has 2 nitrogen and oxygen atoms in total. The summed E-state index contributed by atoms with van der Waals surface area (Å²) in [6.07, 6.45) is 7.07. The van der Waals surface area contributed by atoms with E-state index in [1.807, 2.05) is 0 Å². The van der Waals surface area contributed by atoms with Gasteiger partial charge in [0.05, 0.1) is 6.67 Å². The minimum Gasteiger partial charge on any atom is -0.372 e. The smallest absolute Gasteiger partial charge is 0.0678 e. The van der Waals surface area contributed by atoms with Crippen molar-refractivity contribution in [2.45, 2.75) is 12.8 Å². The largest absolute Gasteiger partial charge is 0.372 e. The van der Waals surface area contributed by atoms with Crippen molar-refractivity contribution in [1.29, 1.82) is 0 Å². The fourth-order valence-electron chi connectivity index (χ4n) is 1.63. The third kappa shape index (κ3) is 1.31. The lowest BCUT2D eigenvalue weighted by atomic mass is 10.0. The average molecular weight is 150 g/mol. The second-order valence-electron chi connectivity index (χ2n) is 3.27. The van der Waals surface area contributed by atoms with E-state index in [9.17, 15) is 0 Å². The maximum Gasteiger partial charge on any atom is 0.0678 e. The highest BCUT2D eigenvalue weighted by molar-refractivity contribution is 5.34. The van der Waals surface area contributed by atoms with E-state index < -0.39 is 0 Å². The Hall–Kier alpha value is -0.760. The second-order valence-corrected chi connectivity index (χ2v) is 3.27. The molecular weight excluding hydrogens is 136 g/mol. The first kappa shape index (κ1) is 6.92. The summed E-state index contributed by atoms with van der Waals surface area (Å²) in [5, 5.41) is 3.39. The third-order valence-electron chi connectivity index (χ3n) is 2.23. The van der Waals surface area contributed by atoms with Crippen molar-refractivity contribution in [3.05, 3.63) is 23.4 Å². The van der Waals surface area contributed by atoms with Gasteiger partial charge in [-0.05, 0) is 25.5 Å². The first-order valence-corrected chi connectivity index (χ1v) is 4.18. The molecule has 1 N–H and O–H groups in total. The first-order valence-electron chi connectivity index (χ1n) is 4.18. The quantitative estimate of drug-likeness (QED) is 0.556. The Labute approximate surface area is 67.6 Å². The first-order chi connectivity index (χ1) is 5.36. The molecule has 0 amide bonds. The van der Waals surface area contributed by atoms with Crippen molar-refractivity contribution >= 4 is 0 Å². The van der Waals surface area contributed by atoms with Gasteiger partial charge < -0.3 is 5.32 Å². The van der Waals surface area contributed by atoms with Crippen LogP contribution in [0.2, 0.25) is 0 Å². The van der Waals surface area contributed by atoms with Gasteiger partial charge in [-0.25, -0.2) is 0 Å². The van der Waals surface area contributed by atoms with Crippen molar-refractivity contribution in [2.24, 2.45) is 0 Å². The summed E-state index contributed by atoms with van der Waals surface area (Å²) in [6.45, 7) is 2.10. The van der Waals surface area contributed by atoms with Crippen LogP contribution in [0.4, 0.5) is 0 Å². The SMILES string of the molecule is CN1CNC2=CCCC=C2C1. The van der Waals surface area contributed by atoms with Crippen LogP contribution in [-0.4, -0.2) is 25.2 Å². The van der Waals surface area contributed by atoms with Gasteiger partial charge in [0, 0.05) is 12.2 Å². The number of fused-ring (bicyclic) bond motifs is 1. The Kier molecular flexibility index (Phi) is 1.70. The highest BCUT2D eigenvalue weighted by atomic mass is 15.2. The topological polar surface area (TPSA) is 15.3 Å². The zero-order chi connectivity index (χ0) is 7.68. The molecule has 2 aliphatic rings. The molecule has 1 aliphatic heterocycles. The lowest BCUT2D eigenvalue weighted by Gasteiger charge is -2.30. The average Bonchev–Trinajstić information content (AvgIpc) is 2.04. The van der Waals surface area contributed by atoms with Gasteiger partial charge in [0.1, 0.15) is 0 Å². The molecule has 60 valence electrons. The molecule has 1 heterocycles. The Morgan fingerprint density at radius 2 is 2.18 bits per heavy atom. The van der Waals surface area contributed by atoms with Gasteiger partial charge in [0.2, 0.25) is 0 Å². The molecule has 0 bridgehead atoms. The Morgan fingerprint density at radius 1 is 1.36 bits per heavy atom. The molecule has 2 rings (SSSR count). The molecule has 1 aliphatic carbocycles. The Morgan fingerprint density at radius 3 is 3.09 bits per heavy atom. The van der Waals surface area contributed by atoms with E-state index in [1.54, 1.807) is 0 Å². The molecule has 0 aromatic heterocycles. The monoisotopic (exact) mass is 150 g/mol. The van der Waals surface area contributed by atoms with Crippen LogP contribution in [0.25, 0.3) is 0 Å². The van der Waals surface area contributed by atoms with E-state index in [2.05, 4.69) is 29.4 Å². The molecule has 0 atom stereocenters. The van der Waals surface area contributed by atoms with Crippen LogP contribution in [0.15, 0.2) is 23.4 Å². The van der Waals surface area contributed by atoms with Gasteiger partial charge >= 0.3 is 0 Å². The molecule has 0 spiro atoms. The van der Waals surface area contributed by atoms with Gasteiger partial charge in [0.25, 0.3) is 0 Å². The van der Waals surface area contributed by atoms with Crippen LogP contribution in [0.3, 0.4) is 0 Å². The van der Waals surface area contributed by atoms with Crippen LogP contribution in [0, 0.1) is 0 Å². The Balaban J connectivity index is 2.16. The van der Waals surface area contributed by atoms with Crippen LogP contribution >= 0.6 is 0 Å². The minimum absolute atomic E-state index is 0.989. The molecular formula is C9H14N2. The summed E-state index contributed by atoms with van der Waals surface area (Å²) >= 11 is 0. The maximum atomic E-state index is 3.39. The van der Waals surface area contributed by atoms with E-state index in [0.29, 0.717) is 0 Å². The van der Waals surface area contributed by atoms with Crippen molar-refractivity contribution in [1.82, 2.24) is 10.2 Å². The summed E-state index contributed by atoms with van der Waals surface area (Å²) in [5.74, 6) is 0. The highest BCUT2D eigenvalue weighted by Crippen LogP contribution is 2.19. The number of rotatable bonds is 0. The van der Waals surface area contributed by atoms with E-state index >= 15 is 0 Å². The number of allylic oxidation sites excluding steroid dienone is 2. The standard InChI is InChI=1S/C9H14N2/c1-11-6-8-4-2-3-5-9(8)10-7-11/h4-5,10H,2-3,6-7H2,1H3. The van der Waals surface area contributed by atoms with Crippen LogP contribution in [0.5, 0.6) is 0 Å². The summed E-state index contributed by atoms with van der Waals surface area (Å²) in [4.78, 5) is 2.29. The van der Waals surface area contributed by atoms with Crippen molar-refractivity contribution < 1.29 is 0 Å². The molecule has 1 fully saturated rings. The predicted octanol–water partition coefficient (Wildman–Crippen LogP) is 1.08. The van der Waals surface area contributed by atoms with E-state index in [0.717, 1.165) is 13.2 Å². The summed E-state index contributed by atoms with van der Waals surface area (Å²) in [6, 6.07) is 0. The zero-order valence-corrected chi connectivity index (χ0v) is 6.93. The van der Waals surface area contributed by atoms with E-state index in [-0.39, 0.29) is 0 Å². The molecule has 1 saturated heterocycles. The second kappa shape index (κ2) is 2.70. The summed E-state index contributed by atoms with van der Waals surface area (Å²) in [5.41, 5.74) is 2.85. The van der Waals surface area contributed by atoms with Gasteiger partial charge in [-0.15, -0.1) is 0 Å². The summed E-state index contributed by atoms with van der Waals surface area (Å²) < 4.78 is 0. The van der Waals surface area contributed by atoms with E-state index in [4.69, 9.17) is 0 Å². The number of hydrogen-bond donors (Lipinski definition) is 1. The number of likely N-dealkylation sites (N-methyl/N-ethyl adjacent to an activating group) is 1. The van der Waals surface area contributed by atoms with Gasteiger partial charge in [-0.2, -0.15) is 0 Å². The van der Waals surface area contributed by atoms with E-state index in [1.165, 1.54) is 24.1 Å². The number of nitrogens with zero attached hydrogens (tertiary/aromatic N) is 1. The molecule has 0 radical (unpaired) electrons. The van der Waals surface area contributed by atoms with Crippen LogP contribution < -0.4 is 5.32 Å². The van der Waals surface area contributed by atoms with Gasteiger partial charge in [0.15, 0.2) is 0 Å². The van der Waals surface area contributed by atoms with Crippen molar-refractivity contribution in [2.75, 3.05) is 20.3 Å². The zero-order valence-electron chi connectivity index (χ0n) is 6.93. The minimum atomic E-state index is 0.989. The Bertz CT molecular complexity index is 216. The molecule has 0 aromatic rings. The van der Waals surface area contributed by atoms with Crippen molar-refractivity contribution in [3.8, 4) is 0 Å². The third-order valence-corrected chi connectivity index (χ3v) is 2.23. The fraction of sp³-hybridized carbons (Fsp3) is 0.556. The molecule has 0 unspecified atom stereocenters. The molecule has 11 heavy (non-hydrogen) atoms. The van der Waals surface area contributed by atoms with Crippen LogP contribution in [0.1, 0.15) is 12.8 Å².